The monoisotopic (exact) mass is 240 g/mol. The Labute approximate surface area is 101 Å². The summed E-state index contributed by atoms with van der Waals surface area (Å²) in [4.78, 5) is 22.7. The molecule has 17 heavy (non-hydrogen) atoms. The molecule has 1 amide bonds. The first-order chi connectivity index (χ1) is 8.10. The van der Waals surface area contributed by atoms with Crippen molar-refractivity contribution >= 4 is 11.9 Å². The van der Waals surface area contributed by atoms with Crippen LogP contribution >= 0.6 is 0 Å². The lowest BCUT2D eigenvalue weighted by molar-refractivity contribution is -0.137. The van der Waals surface area contributed by atoms with E-state index in [1.807, 2.05) is 6.92 Å². The molecule has 2 fully saturated rings. The number of carboxylic acid groups (broad SMARTS) is 1. The van der Waals surface area contributed by atoms with E-state index in [0.29, 0.717) is 18.5 Å². The number of nitrogens with one attached hydrogen (secondary N) is 2. The van der Waals surface area contributed by atoms with Crippen LogP contribution in [0.1, 0.15) is 39.0 Å². The number of rotatable bonds is 5. The first-order valence-corrected chi connectivity index (χ1v) is 6.38. The van der Waals surface area contributed by atoms with Gasteiger partial charge in [-0.2, -0.15) is 0 Å². The number of hydrogen-bond donors (Lipinski definition) is 3. The smallest absolute Gasteiger partial charge is 0.305 e. The average Bonchev–Trinajstić information content (AvgIpc) is 2.88. The molecule has 0 saturated carbocycles. The van der Waals surface area contributed by atoms with E-state index in [1.54, 1.807) is 0 Å². The van der Waals surface area contributed by atoms with Gasteiger partial charge in [0.05, 0.1) is 12.3 Å². The molecule has 96 valence electrons. The van der Waals surface area contributed by atoms with E-state index in [9.17, 15) is 9.59 Å². The van der Waals surface area contributed by atoms with Crippen molar-refractivity contribution in [2.75, 3.05) is 0 Å². The topological polar surface area (TPSA) is 78.4 Å². The molecular weight excluding hydrogens is 220 g/mol. The number of fused-ring (bicyclic) bond motifs is 2. The van der Waals surface area contributed by atoms with Gasteiger partial charge in [0.1, 0.15) is 0 Å². The van der Waals surface area contributed by atoms with Crippen LogP contribution in [0.3, 0.4) is 0 Å². The van der Waals surface area contributed by atoms with Crippen LogP contribution < -0.4 is 10.6 Å². The van der Waals surface area contributed by atoms with Gasteiger partial charge in [0, 0.05) is 18.1 Å². The lowest BCUT2D eigenvalue weighted by Crippen LogP contribution is -2.43. The van der Waals surface area contributed by atoms with E-state index < -0.39 is 5.97 Å². The van der Waals surface area contributed by atoms with Crippen molar-refractivity contribution in [3.8, 4) is 0 Å². The highest BCUT2D eigenvalue weighted by Crippen LogP contribution is 2.33. The Morgan fingerprint density at radius 2 is 2.24 bits per heavy atom. The minimum atomic E-state index is -0.858. The molecule has 4 atom stereocenters. The van der Waals surface area contributed by atoms with E-state index in [2.05, 4.69) is 10.6 Å². The largest absolute Gasteiger partial charge is 0.481 e. The summed E-state index contributed by atoms with van der Waals surface area (Å²) in [7, 11) is 0. The summed E-state index contributed by atoms with van der Waals surface area (Å²) < 4.78 is 0. The molecule has 3 N–H and O–H groups in total. The number of aliphatic carboxylic acids is 1. The second kappa shape index (κ2) is 5.04. The van der Waals surface area contributed by atoms with E-state index in [1.165, 1.54) is 6.42 Å². The molecular formula is C12H20N2O3. The van der Waals surface area contributed by atoms with Crippen molar-refractivity contribution in [3.05, 3.63) is 0 Å². The van der Waals surface area contributed by atoms with E-state index in [0.717, 1.165) is 12.8 Å². The lowest BCUT2D eigenvalue weighted by atomic mass is 9.88. The van der Waals surface area contributed by atoms with Gasteiger partial charge in [0.15, 0.2) is 0 Å². The Hall–Kier alpha value is -1.10. The molecule has 2 saturated heterocycles. The molecule has 0 radical (unpaired) electrons. The molecule has 0 aromatic rings. The number of carboxylic acids is 1. The predicted molar refractivity (Wildman–Crippen MR) is 62.5 cm³/mol. The fourth-order valence-electron chi connectivity index (χ4n) is 2.93. The molecule has 5 nitrogen and oxygen atoms in total. The summed E-state index contributed by atoms with van der Waals surface area (Å²) in [5, 5.41) is 15.0. The lowest BCUT2D eigenvalue weighted by Gasteiger charge is -2.22. The highest BCUT2D eigenvalue weighted by atomic mass is 16.4. The van der Waals surface area contributed by atoms with E-state index >= 15 is 0 Å². The average molecular weight is 240 g/mol. The quantitative estimate of drug-likeness (QED) is 0.653. The van der Waals surface area contributed by atoms with Crippen molar-refractivity contribution < 1.29 is 14.7 Å². The van der Waals surface area contributed by atoms with Gasteiger partial charge in [-0.05, 0) is 25.7 Å². The van der Waals surface area contributed by atoms with Gasteiger partial charge in [-0.3, -0.25) is 9.59 Å². The summed E-state index contributed by atoms with van der Waals surface area (Å²) in [5.41, 5.74) is 0. The number of carbonyl (C=O) groups excluding carboxylic acids is 1. The zero-order valence-corrected chi connectivity index (χ0v) is 10.1. The van der Waals surface area contributed by atoms with Crippen LogP contribution in [0.15, 0.2) is 0 Å². The summed E-state index contributed by atoms with van der Waals surface area (Å²) in [6.07, 6.45) is 3.81. The Balaban J connectivity index is 1.85. The first kappa shape index (κ1) is 12.4. The van der Waals surface area contributed by atoms with Gasteiger partial charge in [0.25, 0.3) is 0 Å². The van der Waals surface area contributed by atoms with Gasteiger partial charge >= 0.3 is 5.97 Å². The third-order valence-corrected chi connectivity index (χ3v) is 3.90. The van der Waals surface area contributed by atoms with Crippen molar-refractivity contribution in [3.63, 3.8) is 0 Å². The van der Waals surface area contributed by atoms with Crippen molar-refractivity contribution in [2.45, 2.75) is 57.2 Å². The summed E-state index contributed by atoms with van der Waals surface area (Å²) in [5.74, 6) is -0.794. The zero-order chi connectivity index (χ0) is 12.4. The van der Waals surface area contributed by atoms with Gasteiger partial charge in [-0.1, -0.05) is 6.92 Å². The molecule has 2 aliphatic heterocycles. The third kappa shape index (κ3) is 2.77. The fourth-order valence-corrected chi connectivity index (χ4v) is 2.93. The van der Waals surface area contributed by atoms with Crippen molar-refractivity contribution in [2.24, 2.45) is 5.92 Å². The zero-order valence-electron chi connectivity index (χ0n) is 10.1. The molecule has 2 aliphatic rings. The summed E-state index contributed by atoms with van der Waals surface area (Å²) in [6, 6.07) is 0.566. The molecule has 4 unspecified atom stereocenters. The molecule has 2 bridgehead atoms. The molecule has 5 heteroatoms. The minimum Gasteiger partial charge on any atom is -0.481 e. The molecule has 0 spiro atoms. The Kier molecular flexibility index (Phi) is 3.66. The van der Waals surface area contributed by atoms with Crippen LogP contribution in [-0.4, -0.2) is 35.1 Å². The van der Waals surface area contributed by atoms with Crippen LogP contribution in [-0.2, 0) is 9.59 Å². The van der Waals surface area contributed by atoms with Crippen LogP contribution in [0.5, 0.6) is 0 Å². The molecule has 2 rings (SSSR count). The van der Waals surface area contributed by atoms with Gasteiger partial charge in [-0.25, -0.2) is 0 Å². The third-order valence-electron chi connectivity index (χ3n) is 3.90. The number of amides is 1. The van der Waals surface area contributed by atoms with Gasteiger partial charge < -0.3 is 15.7 Å². The second-order valence-electron chi connectivity index (χ2n) is 5.10. The highest BCUT2D eigenvalue weighted by Gasteiger charge is 2.42. The Morgan fingerprint density at radius 3 is 2.71 bits per heavy atom. The maximum Gasteiger partial charge on any atom is 0.305 e. The minimum absolute atomic E-state index is 0.0104. The second-order valence-corrected chi connectivity index (χ2v) is 5.10. The van der Waals surface area contributed by atoms with Crippen molar-refractivity contribution in [1.82, 2.24) is 10.6 Å². The normalized spacial score (nSPS) is 32.4. The molecule has 0 aromatic carbocycles. The molecule has 0 aromatic heterocycles. The van der Waals surface area contributed by atoms with Crippen LogP contribution in [0, 0.1) is 5.92 Å². The van der Waals surface area contributed by atoms with Crippen LogP contribution in [0.4, 0.5) is 0 Å². The number of hydrogen-bond acceptors (Lipinski definition) is 3. The van der Waals surface area contributed by atoms with E-state index in [-0.39, 0.29) is 24.3 Å². The summed E-state index contributed by atoms with van der Waals surface area (Å²) in [6.45, 7) is 1.90. The standard InChI is InChI=1S/C12H20N2O3/c1-2-7(6-11(15)16)14-12(17)9-5-8-3-4-10(9)13-8/h7-10,13H,2-6H2,1H3,(H,14,17)(H,15,16). The molecule has 0 aliphatic carbocycles. The first-order valence-electron chi connectivity index (χ1n) is 6.38. The SMILES string of the molecule is CCC(CC(=O)O)NC(=O)C1CC2CCC1N2. The van der Waals surface area contributed by atoms with Gasteiger partial charge in [-0.15, -0.1) is 0 Å². The fraction of sp³-hybridized carbons (Fsp3) is 0.833. The van der Waals surface area contributed by atoms with Crippen LogP contribution in [0.25, 0.3) is 0 Å². The van der Waals surface area contributed by atoms with Crippen LogP contribution in [0.2, 0.25) is 0 Å². The van der Waals surface area contributed by atoms with Crippen molar-refractivity contribution in [1.29, 1.82) is 0 Å². The molecule has 2 heterocycles. The highest BCUT2D eigenvalue weighted by molar-refractivity contribution is 5.81. The van der Waals surface area contributed by atoms with E-state index in [4.69, 9.17) is 5.11 Å². The number of carbonyl (C=O) groups is 2. The Morgan fingerprint density at radius 1 is 1.47 bits per heavy atom. The maximum absolute atomic E-state index is 12.0. The predicted octanol–water partition coefficient (Wildman–Crippen LogP) is 0.496. The maximum atomic E-state index is 12.0. The van der Waals surface area contributed by atoms with Gasteiger partial charge in [0.2, 0.25) is 5.91 Å². The Bertz CT molecular complexity index is 319. The summed E-state index contributed by atoms with van der Waals surface area (Å²) >= 11 is 0.